The Morgan fingerprint density at radius 2 is 2.45 bits per heavy atom. The average Bonchev–Trinajstić information content (AvgIpc) is 2.45. The molecule has 2 rings (SSSR count). The second-order valence-corrected chi connectivity index (χ2v) is 2.73. The summed E-state index contributed by atoms with van der Waals surface area (Å²) in [5.74, 6) is 0.815. The van der Waals surface area contributed by atoms with Crippen LogP contribution in [0, 0.1) is 0 Å². The van der Waals surface area contributed by atoms with Gasteiger partial charge in [-0.1, -0.05) is 0 Å². The summed E-state index contributed by atoms with van der Waals surface area (Å²) in [7, 11) is 2.00. The number of aliphatic imine (C=N–C) groups is 1. The molecule has 4 heteroatoms. The minimum absolute atomic E-state index is 0.352. The Kier molecular flexibility index (Phi) is 1.21. The lowest BCUT2D eigenvalue weighted by Gasteiger charge is -2.24. The van der Waals surface area contributed by atoms with Crippen LogP contribution in [0.15, 0.2) is 11.3 Å². The van der Waals surface area contributed by atoms with Gasteiger partial charge in [-0.15, -0.1) is 0 Å². The lowest BCUT2D eigenvalue weighted by atomic mass is 10.2. The van der Waals surface area contributed by atoms with E-state index in [-0.39, 0.29) is 0 Å². The number of hydrogen-bond acceptors (Lipinski definition) is 3. The van der Waals surface area contributed by atoms with Crippen molar-refractivity contribution < 1.29 is 0 Å². The molecule has 0 spiro atoms. The van der Waals surface area contributed by atoms with E-state index < -0.39 is 0 Å². The maximum absolute atomic E-state index is 4.14. The van der Waals surface area contributed by atoms with Gasteiger partial charge in [-0.3, -0.25) is 0 Å². The molecule has 0 radical (unpaired) electrons. The molecular weight excluding hydrogens is 140 g/mol. The van der Waals surface area contributed by atoms with Crippen LogP contribution in [0.4, 0.5) is 5.82 Å². The van der Waals surface area contributed by atoms with Crippen LogP contribution in [-0.2, 0) is 0 Å². The second-order valence-electron chi connectivity index (χ2n) is 2.73. The van der Waals surface area contributed by atoms with E-state index in [4.69, 9.17) is 0 Å². The highest BCUT2D eigenvalue weighted by Crippen LogP contribution is 2.27. The Labute approximate surface area is 65.0 Å². The molecule has 58 valence electrons. The predicted octanol–water partition coefficient (Wildman–Crippen LogP) is 1.08. The van der Waals surface area contributed by atoms with Crippen LogP contribution >= 0.6 is 0 Å². The van der Waals surface area contributed by atoms with Crippen LogP contribution in [0.2, 0.25) is 0 Å². The first-order valence-corrected chi connectivity index (χ1v) is 3.58. The zero-order chi connectivity index (χ0) is 7.84. The van der Waals surface area contributed by atoms with Crippen molar-refractivity contribution in [2.45, 2.75) is 13.0 Å². The van der Waals surface area contributed by atoms with Crippen molar-refractivity contribution in [3.8, 4) is 0 Å². The van der Waals surface area contributed by atoms with Gasteiger partial charge in [0.05, 0.1) is 24.4 Å². The van der Waals surface area contributed by atoms with E-state index in [2.05, 4.69) is 21.9 Å². The summed E-state index contributed by atoms with van der Waals surface area (Å²) in [5.41, 5.74) is 1.09. The smallest absolute Gasteiger partial charge is 0.176 e. The van der Waals surface area contributed by atoms with Crippen molar-refractivity contribution in [3.63, 3.8) is 0 Å². The van der Waals surface area contributed by atoms with Crippen LogP contribution in [0.3, 0.4) is 0 Å². The van der Waals surface area contributed by atoms with Crippen molar-refractivity contribution in [2.24, 2.45) is 4.99 Å². The summed E-state index contributed by atoms with van der Waals surface area (Å²) >= 11 is 0. The van der Waals surface area contributed by atoms with E-state index in [1.165, 1.54) is 0 Å². The zero-order valence-corrected chi connectivity index (χ0v) is 6.57. The summed E-state index contributed by atoms with van der Waals surface area (Å²) in [5, 5.41) is 0. The molecule has 1 aliphatic heterocycles. The number of nitrogens with one attached hydrogen (secondary N) is 1. The van der Waals surface area contributed by atoms with Gasteiger partial charge in [0.2, 0.25) is 0 Å². The number of aromatic nitrogens is 2. The number of nitrogens with zero attached hydrogens (tertiary/aromatic N) is 3. The maximum atomic E-state index is 4.14. The summed E-state index contributed by atoms with van der Waals surface area (Å²) in [4.78, 5) is 13.3. The molecular formula is C7H10N4. The Morgan fingerprint density at radius 3 is 3.27 bits per heavy atom. The molecule has 0 bridgehead atoms. The quantitative estimate of drug-likeness (QED) is 0.601. The van der Waals surface area contributed by atoms with Crippen LogP contribution < -0.4 is 0 Å². The zero-order valence-electron chi connectivity index (χ0n) is 6.57. The van der Waals surface area contributed by atoms with Gasteiger partial charge in [-0.25, -0.2) is 9.98 Å². The van der Waals surface area contributed by atoms with Gasteiger partial charge in [0, 0.05) is 7.05 Å². The number of fused-ring (bicyclic) bond motifs is 1. The molecule has 1 unspecified atom stereocenters. The number of H-pyrrole nitrogens is 1. The molecule has 0 saturated carbocycles. The van der Waals surface area contributed by atoms with Crippen molar-refractivity contribution in [3.05, 3.63) is 12.0 Å². The molecule has 2 heterocycles. The molecule has 1 N–H and O–H groups in total. The Morgan fingerprint density at radius 1 is 1.64 bits per heavy atom. The first kappa shape index (κ1) is 6.39. The van der Waals surface area contributed by atoms with E-state index in [1.807, 2.05) is 11.9 Å². The van der Waals surface area contributed by atoms with E-state index in [0.29, 0.717) is 6.04 Å². The summed E-state index contributed by atoms with van der Waals surface area (Å²) in [6, 6.07) is 0.352. The van der Waals surface area contributed by atoms with Crippen molar-refractivity contribution >= 4 is 12.2 Å². The first-order chi connectivity index (χ1) is 5.29. The Bertz CT molecular complexity index is 288. The molecule has 1 aromatic heterocycles. The molecule has 1 aliphatic rings. The van der Waals surface area contributed by atoms with E-state index in [1.54, 1.807) is 12.7 Å². The Balaban J connectivity index is 2.48. The van der Waals surface area contributed by atoms with Crippen molar-refractivity contribution in [2.75, 3.05) is 7.05 Å². The van der Waals surface area contributed by atoms with Gasteiger partial charge in [0.25, 0.3) is 0 Å². The fraction of sp³-hybridized carbons (Fsp3) is 0.429. The highest BCUT2D eigenvalue weighted by Gasteiger charge is 2.18. The number of aromatic amines is 1. The summed E-state index contributed by atoms with van der Waals surface area (Å²) in [6.07, 6.45) is 3.48. The van der Waals surface area contributed by atoms with Gasteiger partial charge in [-0.2, -0.15) is 0 Å². The number of hydrogen-bond donors (Lipinski definition) is 1. The fourth-order valence-electron chi connectivity index (χ4n) is 1.16. The standard InChI is InChI=1S/C7H10N4/c1-5-6-7(9-3-8-6)10-4-11(5)2/h3-5H,1-2H3,(H,8,9). The van der Waals surface area contributed by atoms with Crippen LogP contribution in [0.5, 0.6) is 0 Å². The summed E-state index contributed by atoms with van der Waals surface area (Å²) in [6.45, 7) is 2.11. The normalized spacial score (nSPS) is 22.0. The third-order valence-corrected chi connectivity index (χ3v) is 2.04. The first-order valence-electron chi connectivity index (χ1n) is 3.58. The highest BCUT2D eigenvalue weighted by molar-refractivity contribution is 5.64. The largest absolute Gasteiger partial charge is 0.357 e. The minimum Gasteiger partial charge on any atom is -0.357 e. The average molecular weight is 150 g/mol. The number of imidazole rings is 1. The molecule has 0 amide bonds. The van der Waals surface area contributed by atoms with Crippen molar-refractivity contribution in [1.82, 2.24) is 14.9 Å². The third-order valence-electron chi connectivity index (χ3n) is 2.04. The molecule has 4 nitrogen and oxygen atoms in total. The summed E-state index contributed by atoms with van der Waals surface area (Å²) < 4.78 is 0. The third kappa shape index (κ3) is 0.824. The fourth-order valence-corrected chi connectivity index (χ4v) is 1.16. The van der Waals surface area contributed by atoms with E-state index in [0.717, 1.165) is 11.5 Å². The predicted molar refractivity (Wildman–Crippen MR) is 42.9 cm³/mol. The van der Waals surface area contributed by atoms with Gasteiger partial charge in [0.1, 0.15) is 0 Å². The Hall–Kier alpha value is -1.32. The van der Waals surface area contributed by atoms with Crippen LogP contribution in [0.25, 0.3) is 0 Å². The topological polar surface area (TPSA) is 44.3 Å². The molecule has 0 aliphatic carbocycles. The molecule has 1 atom stereocenters. The lowest BCUT2D eigenvalue weighted by molar-refractivity contribution is 0.401. The highest BCUT2D eigenvalue weighted by atomic mass is 15.2. The molecule has 0 saturated heterocycles. The lowest BCUT2D eigenvalue weighted by Crippen LogP contribution is -2.23. The van der Waals surface area contributed by atoms with Gasteiger partial charge in [0.15, 0.2) is 5.82 Å². The van der Waals surface area contributed by atoms with Gasteiger partial charge < -0.3 is 9.88 Å². The second kappa shape index (κ2) is 2.08. The van der Waals surface area contributed by atoms with Gasteiger partial charge >= 0.3 is 0 Å². The van der Waals surface area contributed by atoms with Gasteiger partial charge in [-0.05, 0) is 6.92 Å². The van der Waals surface area contributed by atoms with E-state index in [9.17, 15) is 0 Å². The molecule has 0 aromatic carbocycles. The molecule has 11 heavy (non-hydrogen) atoms. The maximum Gasteiger partial charge on any atom is 0.176 e. The minimum atomic E-state index is 0.352. The molecule has 1 aromatic rings. The van der Waals surface area contributed by atoms with Crippen molar-refractivity contribution in [1.29, 1.82) is 0 Å². The number of rotatable bonds is 0. The van der Waals surface area contributed by atoms with Crippen LogP contribution in [-0.4, -0.2) is 28.3 Å². The van der Waals surface area contributed by atoms with E-state index >= 15 is 0 Å². The van der Waals surface area contributed by atoms with Crippen LogP contribution in [0.1, 0.15) is 18.7 Å². The monoisotopic (exact) mass is 150 g/mol. The molecule has 0 fully saturated rings. The SMILES string of the molecule is CC1c2[nH]cnc2N=CN1C.